The summed E-state index contributed by atoms with van der Waals surface area (Å²) in [6.45, 7) is 5.90. The van der Waals surface area contributed by atoms with Crippen molar-refractivity contribution in [3.05, 3.63) is 58.5 Å². The summed E-state index contributed by atoms with van der Waals surface area (Å²) in [6.07, 6.45) is 2.00. The Morgan fingerprint density at radius 1 is 1.15 bits per heavy atom. The molecule has 34 heavy (non-hydrogen) atoms. The minimum Gasteiger partial charge on any atom is -0.325 e. The number of amidine groups is 1. The first-order valence-electron chi connectivity index (χ1n) is 11.2. The molecule has 0 bridgehead atoms. The smallest absolute Gasteiger partial charge is 0.320 e. The molecule has 2 aromatic rings. The average molecular weight is 469 g/mol. The Hall–Kier alpha value is -3.73. The largest absolute Gasteiger partial charge is 0.325 e. The van der Waals surface area contributed by atoms with E-state index < -0.39 is 11.7 Å². The molecule has 4 rings (SSSR count). The predicted octanol–water partition coefficient (Wildman–Crippen LogP) is 2.21. The van der Waals surface area contributed by atoms with Gasteiger partial charge in [-0.1, -0.05) is 6.07 Å². The second-order valence-corrected chi connectivity index (χ2v) is 8.75. The van der Waals surface area contributed by atoms with Crippen LogP contribution in [0.15, 0.2) is 35.4 Å². The number of carbonyl (C=O) groups is 2. The van der Waals surface area contributed by atoms with Crippen molar-refractivity contribution in [2.75, 3.05) is 18.4 Å². The molecule has 0 atom stereocenters. The summed E-state index contributed by atoms with van der Waals surface area (Å²) < 4.78 is 14.8. The first-order valence-corrected chi connectivity index (χ1v) is 11.2. The number of fused-ring (bicyclic) bond motifs is 1. The summed E-state index contributed by atoms with van der Waals surface area (Å²) in [5.41, 5.74) is 1.72. The zero-order chi connectivity index (χ0) is 24.4. The number of rotatable bonds is 4. The number of nitrogens with two attached hydrogens (primary N) is 2. The van der Waals surface area contributed by atoms with Gasteiger partial charge in [-0.15, -0.1) is 0 Å². The molecule has 0 aliphatic carbocycles. The zero-order valence-corrected chi connectivity index (χ0v) is 19.3. The SMILES string of the molecule is CC(C)N(N)/C(=N\N)c1cccc(NC(=O)c2cc3c(cc2F)CN(C(=O)N2CCCC2)C3)n1. The fourth-order valence-corrected chi connectivity index (χ4v) is 4.16. The number of pyridine rings is 1. The molecule has 0 saturated carbocycles. The van der Waals surface area contributed by atoms with Gasteiger partial charge in [-0.25, -0.2) is 20.0 Å². The van der Waals surface area contributed by atoms with Crippen LogP contribution in [0.25, 0.3) is 0 Å². The Labute approximate surface area is 197 Å². The highest BCUT2D eigenvalue weighted by atomic mass is 19.1. The standard InChI is InChI=1S/C23H29FN8O2/c1-14(2)32(26)21(29-25)19-6-5-7-20(27-19)28-22(33)17-10-15-12-31(13-16(15)11-18(17)24)23(34)30-8-3-4-9-30/h5-7,10-11,14H,3-4,8-9,12-13,25-26H2,1-2H3,(H,27,28,33)/b29-21-. The summed E-state index contributed by atoms with van der Waals surface area (Å²) in [6, 6.07) is 7.61. The van der Waals surface area contributed by atoms with E-state index in [0.717, 1.165) is 31.5 Å². The van der Waals surface area contributed by atoms with E-state index in [1.165, 1.54) is 17.1 Å². The Bertz CT molecular complexity index is 1130. The van der Waals surface area contributed by atoms with E-state index in [1.807, 2.05) is 18.7 Å². The minimum absolute atomic E-state index is 0.0474. The number of carbonyl (C=O) groups excluding carboxylic acids is 2. The van der Waals surface area contributed by atoms with E-state index in [9.17, 15) is 14.0 Å². The highest BCUT2D eigenvalue weighted by Crippen LogP contribution is 2.28. The third-order valence-electron chi connectivity index (χ3n) is 6.05. The molecule has 3 heterocycles. The van der Waals surface area contributed by atoms with Gasteiger partial charge in [0.1, 0.15) is 17.3 Å². The molecule has 0 radical (unpaired) electrons. The van der Waals surface area contributed by atoms with Gasteiger partial charge in [0.25, 0.3) is 5.91 Å². The fourth-order valence-electron chi connectivity index (χ4n) is 4.16. The lowest BCUT2D eigenvalue weighted by Crippen LogP contribution is -2.44. The van der Waals surface area contributed by atoms with Gasteiger partial charge in [0, 0.05) is 32.2 Å². The lowest BCUT2D eigenvalue weighted by Gasteiger charge is -2.23. The van der Waals surface area contributed by atoms with Crippen LogP contribution < -0.4 is 17.0 Å². The number of nitrogens with zero attached hydrogens (tertiary/aromatic N) is 5. The summed E-state index contributed by atoms with van der Waals surface area (Å²) in [7, 11) is 0. The average Bonchev–Trinajstić information content (AvgIpc) is 3.48. The zero-order valence-electron chi connectivity index (χ0n) is 19.3. The summed E-state index contributed by atoms with van der Waals surface area (Å²) in [5.74, 6) is 10.6. The molecule has 2 aliphatic heterocycles. The van der Waals surface area contributed by atoms with Gasteiger partial charge in [0.2, 0.25) is 0 Å². The summed E-state index contributed by atoms with van der Waals surface area (Å²) in [4.78, 5) is 33.4. The molecule has 11 heteroatoms. The third-order valence-corrected chi connectivity index (χ3v) is 6.05. The van der Waals surface area contributed by atoms with Gasteiger partial charge in [0.05, 0.1) is 5.56 Å². The van der Waals surface area contributed by atoms with Crippen LogP contribution in [0.4, 0.5) is 15.0 Å². The number of hydrogen-bond donors (Lipinski definition) is 3. The Kier molecular flexibility index (Phi) is 6.64. The highest BCUT2D eigenvalue weighted by Gasteiger charge is 2.30. The van der Waals surface area contributed by atoms with Gasteiger partial charge in [-0.05, 0) is 62.1 Å². The Morgan fingerprint density at radius 2 is 1.82 bits per heavy atom. The topological polar surface area (TPSA) is 133 Å². The molecule has 1 saturated heterocycles. The number of hydrogen-bond acceptors (Lipinski definition) is 6. The van der Waals surface area contributed by atoms with E-state index in [0.29, 0.717) is 24.3 Å². The van der Waals surface area contributed by atoms with Crippen molar-refractivity contribution < 1.29 is 14.0 Å². The molecule has 1 fully saturated rings. The minimum atomic E-state index is -0.653. The van der Waals surface area contributed by atoms with Crippen LogP contribution in [-0.2, 0) is 13.1 Å². The molecular formula is C23H29FN8O2. The molecular weight excluding hydrogens is 439 g/mol. The van der Waals surface area contributed by atoms with Crippen molar-refractivity contribution >= 4 is 23.6 Å². The first kappa shape index (κ1) is 23.4. The predicted molar refractivity (Wildman–Crippen MR) is 126 cm³/mol. The van der Waals surface area contributed by atoms with Crippen LogP contribution in [0.5, 0.6) is 0 Å². The van der Waals surface area contributed by atoms with Crippen LogP contribution in [0.1, 0.15) is 53.9 Å². The normalized spacial score (nSPS) is 15.6. The van der Waals surface area contributed by atoms with E-state index >= 15 is 0 Å². The maximum atomic E-state index is 14.8. The first-order chi connectivity index (χ1) is 16.3. The van der Waals surface area contributed by atoms with Crippen molar-refractivity contribution in [3.8, 4) is 0 Å². The van der Waals surface area contributed by atoms with Crippen molar-refractivity contribution in [2.24, 2.45) is 16.8 Å². The van der Waals surface area contributed by atoms with E-state index in [4.69, 9.17) is 11.7 Å². The lowest BCUT2D eigenvalue weighted by molar-refractivity contribution is 0.102. The summed E-state index contributed by atoms with van der Waals surface area (Å²) in [5, 5.41) is 7.69. The fraction of sp³-hybridized carbons (Fsp3) is 0.391. The van der Waals surface area contributed by atoms with Gasteiger partial charge >= 0.3 is 6.03 Å². The van der Waals surface area contributed by atoms with Crippen LogP contribution in [0.3, 0.4) is 0 Å². The van der Waals surface area contributed by atoms with Crippen LogP contribution in [0, 0.1) is 5.82 Å². The molecule has 0 spiro atoms. The number of halogens is 1. The third kappa shape index (κ3) is 4.65. The van der Waals surface area contributed by atoms with Crippen LogP contribution in [0.2, 0.25) is 0 Å². The quantitative estimate of drug-likeness (QED) is 0.273. The van der Waals surface area contributed by atoms with Gasteiger partial charge in [-0.2, -0.15) is 5.10 Å². The van der Waals surface area contributed by atoms with E-state index in [1.54, 1.807) is 23.1 Å². The Balaban J connectivity index is 1.50. The molecule has 5 N–H and O–H groups in total. The second kappa shape index (κ2) is 9.64. The van der Waals surface area contributed by atoms with Gasteiger partial charge < -0.3 is 21.0 Å². The summed E-state index contributed by atoms with van der Waals surface area (Å²) >= 11 is 0. The molecule has 180 valence electrons. The molecule has 10 nitrogen and oxygen atoms in total. The number of hydrazone groups is 1. The lowest BCUT2D eigenvalue weighted by atomic mass is 10.1. The number of urea groups is 1. The van der Waals surface area contributed by atoms with Crippen molar-refractivity contribution in [2.45, 2.75) is 45.8 Å². The molecule has 2 aliphatic rings. The molecule has 3 amide bonds. The molecule has 1 aromatic carbocycles. The molecule has 0 unspecified atom stereocenters. The number of nitrogens with one attached hydrogen (secondary N) is 1. The monoisotopic (exact) mass is 468 g/mol. The number of aromatic nitrogens is 1. The van der Waals surface area contributed by atoms with Gasteiger partial charge in [0.15, 0.2) is 5.84 Å². The highest BCUT2D eigenvalue weighted by molar-refractivity contribution is 6.04. The van der Waals surface area contributed by atoms with Crippen LogP contribution in [-0.4, -0.2) is 56.7 Å². The van der Waals surface area contributed by atoms with Crippen molar-refractivity contribution in [3.63, 3.8) is 0 Å². The maximum absolute atomic E-state index is 14.8. The Morgan fingerprint density at radius 3 is 2.47 bits per heavy atom. The number of anilines is 1. The van der Waals surface area contributed by atoms with Crippen molar-refractivity contribution in [1.82, 2.24) is 19.8 Å². The number of hydrazine groups is 1. The second-order valence-electron chi connectivity index (χ2n) is 8.75. The number of benzene rings is 1. The van der Waals surface area contributed by atoms with E-state index in [2.05, 4.69) is 15.4 Å². The van der Waals surface area contributed by atoms with Crippen molar-refractivity contribution in [1.29, 1.82) is 0 Å². The maximum Gasteiger partial charge on any atom is 0.320 e. The van der Waals surface area contributed by atoms with Gasteiger partial charge in [-0.3, -0.25) is 9.80 Å². The van der Waals surface area contributed by atoms with E-state index in [-0.39, 0.29) is 29.3 Å². The number of amides is 3. The van der Waals surface area contributed by atoms with Crippen LogP contribution >= 0.6 is 0 Å². The molecule has 1 aromatic heterocycles. The number of likely N-dealkylation sites (tertiary alicyclic amines) is 1.